The minimum Gasteiger partial charge on any atom is -0.339 e. The zero-order valence-corrected chi connectivity index (χ0v) is 10.3. The van der Waals surface area contributed by atoms with Gasteiger partial charge in [-0.15, -0.1) is 0 Å². The number of benzene rings is 1. The Labute approximate surface area is 102 Å². The molecule has 0 unspecified atom stereocenters. The monoisotopic (exact) mass is 314 g/mol. The SMILES string of the molecule is Ic1noc(CCCc2ccccc2)n1. The Bertz CT molecular complexity index is 414. The summed E-state index contributed by atoms with van der Waals surface area (Å²) in [5, 5.41) is 3.74. The second-order valence-electron chi connectivity index (χ2n) is 3.30. The second kappa shape index (κ2) is 5.25. The Balaban J connectivity index is 1.80. The van der Waals surface area contributed by atoms with Gasteiger partial charge in [-0.1, -0.05) is 35.5 Å². The smallest absolute Gasteiger partial charge is 0.232 e. The second-order valence-corrected chi connectivity index (χ2v) is 4.26. The van der Waals surface area contributed by atoms with Gasteiger partial charge in [-0.3, -0.25) is 0 Å². The summed E-state index contributed by atoms with van der Waals surface area (Å²) >= 11 is 2.05. The van der Waals surface area contributed by atoms with Crippen LogP contribution in [0, 0.1) is 3.83 Å². The Hall–Kier alpha value is -0.910. The van der Waals surface area contributed by atoms with Crippen molar-refractivity contribution < 1.29 is 4.52 Å². The largest absolute Gasteiger partial charge is 0.339 e. The van der Waals surface area contributed by atoms with Crippen LogP contribution in [-0.2, 0) is 12.8 Å². The fourth-order valence-electron chi connectivity index (χ4n) is 1.42. The van der Waals surface area contributed by atoms with E-state index < -0.39 is 0 Å². The molecule has 0 atom stereocenters. The average molecular weight is 314 g/mol. The van der Waals surface area contributed by atoms with Gasteiger partial charge < -0.3 is 4.52 Å². The summed E-state index contributed by atoms with van der Waals surface area (Å²) < 4.78 is 5.72. The van der Waals surface area contributed by atoms with E-state index in [9.17, 15) is 0 Å². The van der Waals surface area contributed by atoms with Crippen molar-refractivity contribution in [2.45, 2.75) is 19.3 Å². The fraction of sp³-hybridized carbons (Fsp3) is 0.273. The van der Waals surface area contributed by atoms with Crippen molar-refractivity contribution in [3.8, 4) is 0 Å². The third-order valence-corrected chi connectivity index (χ3v) is 2.58. The highest BCUT2D eigenvalue weighted by atomic mass is 127. The molecule has 1 aromatic heterocycles. The molecule has 0 radical (unpaired) electrons. The zero-order valence-electron chi connectivity index (χ0n) is 8.19. The average Bonchev–Trinajstić information content (AvgIpc) is 2.66. The number of rotatable bonds is 4. The Morgan fingerprint density at radius 3 is 2.60 bits per heavy atom. The van der Waals surface area contributed by atoms with E-state index in [4.69, 9.17) is 4.52 Å². The number of hydrogen-bond donors (Lipinski definition) is 0. The summed E-state index contributed by atoms with van der Waals surface area (Å²) in [5.41, 5.74) is 1.35. The first-order chi connectivity index (χ1) is 7.34. The van der Waals surface area contributed by atoms with Crippen LogP contribution in [0.4, 0.5) is 0 Å². The molecule has 0 fully saturated rings. The van der Waals surface area contributed by atoms with Gasteiger partial charge in [0.15, 0.2) is 0 Å². The molecule has 0 aliphatic heterocycles. The predicted octanol–water partition coefficient (Wildman–Crippen LogP) is 2.85. The Kier molecular flexibility index (Phi) is 3.71. The molecule has 15 heavy (non-hydrogen) atoms. The van der Waals surface area contributed by atoms with Crippen LogP contribution in [-0.4, -0.2) is 10.1 Å². The Morgan fingerprint density at radius 2 is 1.93 bits per heavy atom. The first kappa shape index (κ1) is 10.6. The van der Waals surface area contributed by atoms with Gasteiger partial charge in [-0.05, 0) is 18.4 Å². The van der Waals surface area contributed by atoms with E-state index >= 15 is 0 Å². The van der Waals surface area contributed by atoms with Crippen LogP contribution in [0.1, 0.15) is 17.9 Å². The molecule has 0 aliphatic carbocycles. The van der Waals surface area contributed by atoms with Gasteiger partial charge in [0.05, 0.1) is 0 Å². The van der Waals surface area contributed by atoms with Gasteiger partial charge in [-0.25, -0.2) is 0 Å². The maximum absolute atomic E-state index is 5.03. The molecule has 1 heterocycles. The van der Waals surface area contributed by atoms with Crippen LogP contribution >= 0.6 is 22.6 Å². The van der Waals surface area contributed by atoms with Gasteiger partial charge in [0, 0.05) is 29.0 Å². The van der Waals surface area contributed by atoms with Crippen LogP contribution < -0.4 is 0 Å². The van der Waals surface area contributed by atoms with Crippen LogP contribution in [0.25, 0.3) is 0 Å². The molecule has 2 aromatic rings. The highest BCUT2D eigenvalue weighted by Crippen LogP contribution is 2.07. The van der Waals surface area contributed by atoms with E-state index in [-0.39, 0.29) is 0 Å². The first-order valence-corrected chi connectivity index (χ1v) is 5.94. The van der Waals surface area contributed by atoms with Crippen molar-refractivity contribution in [2.24, 2.45) is 0 Å². The lowest BCUT2D eigenvalue weighted by Gasteiger charge is -1.97. The Morgan fingerprint density at radius 1 is 1.13 bits per heavy atom. The van der Waals surface area contributed by atoms with Crippen LogP contribution in [0.5, 0.6) is 0 Å². The van der Waals surface area contributed by atoms with E-state index in [0.29, 0.717) is 3.83 Å². The fourth-order valence-corrected chi connectivity index (χ4v) is 1.79. The van der Waals surface area contributed by atoms with Crippen molar-refractivity contribution in [1.82, 2.24) is 10.1 Å². The lowest BCUT2D eigenvalue weighted by molar-refractivity contribution is 0.372. The molecule has 0 aliphatic rings. The summed E-state index contributed by atoms with van der Waals surface area (Å²) in [6.07, 6.45) is 2.95. The predicted molar refractivity (Wildman–Crippen MR) is 65.5 cm³/mol. The molecule has 4 heteroatoms. The number of aromatic nitrogens is 2. The summed E-state index contributed by atoms with van der Waals surface area (Å²) in [6, 6.07) is 10.4. The molecule has 2 rings (SSSR count). The van der Waals surface area contributed by atoms with E-state index in [1.54, 1.807) is 0 Å². The summed E-state index contributed by atoms with van der Waals surface area (Å²) in [6.45, 7) is 0. The van der Waals surface area contributed by atoms with Crippen molar-refractivity contribution in [3.05, 3.63) is 45.6 Å². The molecular weight excluding hydrogens is 303 g/mol. The molecule has 1 aromatic carbocycles. The van der Waals surface area contributed by atoms with E-state index in [0.717, 1.165) is 25.2 Å². The van der Waals surface area contributed by atoms with Crippen molar-refractivity contribution in [1.29, 1.82) is 0 Å². The minimum atomic E-state index is 0.683. The lowest BCUT2D eigenvalue weighted by Crippen LogP contribution is -1.90. The van der Waals surface area contributed by atoms with Crippen LogP contribution in [0.3, 0.4) is 0 Å². The molecule has 78 valence electrons. The highest BCUT2D eigenvalue weighted by Gasteiger charge is 2.02. The van der Waals surface area contributed by atoms with Gasteiger partial charge in [0.1, 0.15) is 0 Å². The quantitative estimate of drug-likeness (QED) is 0.815. The maximum Gasteiger partial charge on any atom is 0.232 e. The topological polar surface area (TPSA) is 38.9 Å². The molecule has 3 nitrogen and oxygen atoms in total. The molecular formula is C11H11IN2O. The molecule has 0 spiro atoms. The first-order valence-electron chi connectivity index (χ1n) is 4.86. The highest BCUT2D eigenvalue weighted by molar-refractivity contribution is 14.1. The third-order valence-electron chi connectivity index (χ3n) is 2.14. The van der Waals surface area contributed by atoms with Crippen LogP contribution in [0.15, 0.2) is 34.9 Å². The molecule has 0 saturated carbocycles. The van der Waals surface area contributed by atoms with Gasteiger partial charge in [0.25, 0.3) is 0 Å². The van der Waals surface area contributed by atoms with E-state index in [1.807, 2.05) is 28.7 Å². The molecule has 0 amide bonds. The van der Waals surface area contributed by atoms with E-state index in [2.05, 4.69) is 34.4 Å². The summed E-state index contributed by atoms with van der Waals surface area (Å²) in [5.74, 6) is 0.732. The van der Waals surface area contributed by atoms with Gasteiger partial charge in [-0.2, -0.15) is 4.98 Å². The van der Waals surface area contributed by atoms with Crippen molar-refractivity contribution in [2.75, 3.05) is 0 Å². The molecule has 0 bridgehead atoms. The standard InChI is InChI=1S/C11H11IN2O/c12-11-13-10(15-14-11)8-4-7-9-5-2-1-3-6-9/h1-3,5-6H,4,7-8H2. The maximum atomic E-state index is 5.03. The molecule has 0 saturated heterocycles. The van der Waals surface area contributed by atoms with E-state index in [1.165, 1.54) is 5.56 Å². The van der Waals surface area contributed by atoms with Gasteiger partial charge >= 0.3 is 0 Å². The number of aryl methyl sites for hydroxylation is 2. The number of hydrogen-bond acceptors (Lipinski definition) is 3. The van der Waals surface area contributed by atoms with Crippen molar-refractivity contribution >= 4 is 22.6 Å². The van der Waals surface area contributed by atoms with Gasteiger partial charge in [0.2, 0.25) is 9.72 Å². The molecule has 0 N–H and O–H groups in total. The van der Waals surface area contributed by atoms with Crippen LogP contribution in [0.2, 0.25) is 0 Å². The number of halogens is 1. The third kappa shape index (κ3) is 3.30. The zero-order chi connectivity index (χ0) is 10.5. The summed E-state index contributed by atoms with van der Waals surface area (Å²) in [4.78, 5) is 4.15. The normalized spacial score (nSPS) is 10.5. The lowest BCUT2D eigenvalue weighted by atomic mass is 10.1. The number of nitrogens with zero attached hydrogens (tertiary/aromatic N) is 2. The van der Waals surface area contributed by atoms with Crippen molar-refractivity contribution in [3.63, 3.8) is 0 Å². The summed E-state index contributed by atoms with van der Waals surface area (Å²) in [7, 11) is 0. The minimum absolute atomic E-state index is 0.683.